The molecular weight excluding hydrogens is 306 g/mol. The van der Waals surface area contributed by atoms with E-state index in [2.05, 4.69) is 0 Å². The number of carbonyl (C=O) groups excluding carboxylic acids is 1. The molecular formula is C13H17F2O5S-. The van der Waals surface area contributed by atoms with Crippen LogP contribution in [0.5, 0.6) is 0 Å². The fourth-order valence-electron chi connectivity index (χ4n) is 4.61. The monoisotopic (exact) mass is 323 g/mol. The van der Waals surface area contributed by atoms with E-state index in [1.54, 1.807) is 0 Å². The van der Waals surface area contributed by atoms with Crippen molar-refractivity contribution in [1.82, 2.24) is 0 Å². The van der Waals surface area contributed by atoms with Crippen molar-refractivity contribution < 1.29 is 31.3 Å². The van der Waals surface area contributed by atoms with E-state index < -0.39 is 33.9 Å². The molecule has 0 aliphatic heterocycles. The zero-order valence-electron chi connectivity index (χ0n) is 11.3. The lowest BCUT2D eigenvalue weighted by molar-refractivity contribution is -0.157. The summed E-state index contributed by atoms with van der Waals surface area (Å²) in [5, 5.41) is -4.60. The first-order valence-electron chi connectivity index (χ1n) is 7.22. The predicted octanol–water partition coefficient (Wildman–Crippen LogP) is 1.88. The van der Waals surface area contributed by atoms with Crippen LogP contribution in [0.1, 0.15) is 38.5 Å². The van der Waals surface area contributed by atoms with Crippen molar-refractivity contribution in [2.75, 3.05) is 0 Å². The van der Waals surface area contributed by atoms with E-state index in [-0.39, 0.29) is 5.92 Å². The number of halogens is 2. The van der Waals surface area contributed by atoms with Crippen LogP contribution in [0.3, 0.4) is 0 Å². The molecule has 3 saturated carbocycles. The standard InChI is InChI=1S/C13H18F2O5S/c14-13(15,21(17,18)19)6-12(16)20-11-5-7-4-10(11)9-3-1-2-8(7)9/h7-11H,1-6H2,(H,17,18,19)/p-1. The molecule has 5 atom stereocenters. The van der Waals surface area contributed by atoms with Crippen LogP contribution in [0.2, 0.25) is 0 Å². The quantitative estimate of drug-likeness (QED) is 0.582. The molecule has 8 heteroatoms. The second-order valence-electron chi connectivity index (χ2n) is 6.45. The Morgan fingerprint density at radius 1 is 1.19 bits per heavy atom. The Kier molecular flexibility index (Phi) is 3.52. The molecule has 0 heterocycles. The zero-order valence-corrected chi connectivity index (χ0v) is 12.2. The minimum absolute atomic E-state index is 0.212. The van der Waals surface area contributed by atoms with Gasteiger partial charge in [-0.05, 0) is 49.4 Å². The topological polar surface area (TPSA) is 83.5 Å². The van der Waals surface area contributed by atoms with Gasteiger partial charge in [0.05, 0.1) is 0 Å². The second kappa shape index (κ2) is 4.87. The van der Waals surface area contributed by atoms with E-state index in [9.17, 15) is 26.5 Å². The zero-order chi connectivity index (χ0) is 15.4. The molecule has 0 aromatic heterocycles. The van der Waals surface area contributed by atoms with Crippen LogP contribution in [-0.2, 0) is 19.6 Å². The summed E-state index contributed by atoms with van der Waals surface area (Å²) in [5.74, 6) is 0.582. The van der Waals surface area contributed by atoms with Crippen LogP contribution in [0.25, 0.3) is 0 Å². The molecule has 120 valence electrons. The lowest BCUT2D eigenvalue weighted by Crippen LogP contribution is -2.36. The summed E-state index contributed by atoms with van der Waals surface area (Å²) in [6.07, 6.45) is 2.99. The van der Waals surface area contributed by atoms with Gasteiger partial charge in [0.25, 0.3) is 0 Å². The third-order valence-electron chi connectivity index (χ3n) is 5.37. The first kappa shape index (κ1) is 15.1. The van der Waals surface area contributed by atoms with Crippen LogP contribution in [0.15, 0.2) is 0 Å². The Morgan fingerprint density at radius 2 is 1.86 bits per heavy atom. The average molecular weight is 323 g/mol. The van der Waals surface area contributed by atoms with Gasteiger partial charge in [0.1, 0.15) is 12.5 Å². The molecule has 0 spiro atoms. The largest absolute Gasteiger partial charge is 0.743 e. The van der Waals surface area contributed by atoms with Crippen molar-refractivity contribution in [3.63, 3.8) is 0 Å². The molecule has 0 radical (unpaired) electrons. The third kappa shape index (κ3) is 2.56. The van der Waals surface area contributed by atoms with Gasteiger partial charge in [-0.15, -0.1) is 0 Å². The molecule has 21 heavy (non-hydrogen) atoms. The van der Waals surface area contributed by atoms with E-state index >= 15 is 0 Å². The molecule has 0 amide bonds. The number of fused-ring (bicyclic) bond motifs is 5. The van der Waals surface area contributed by atoms with Crippen LogP contribution in [0, 0.1) is 23.7 Å². The molecule has 3 aliphatic carbocycles. The molecule has 0 aromatic rings. The maximum atomic E-state index is 13.1. The average Bonchev–Trinajstić information content (AvgIpc) is 2.95. The summed E-state index contributed by atoms with van der Waals surface area (Å²) in [7, 11) is -5.84. The van der Waals surface area contributed by atoms with Gasteiger partial charge < -0.3 is 9.29 Å². The van der Waals surface area contributed by atoms with Crippen molar-refractivity contribution in [2.24, 2.45) is 23.7 Å². The van der Waals surface area contributed by atoms with E-state index in [1.807, 2.05) is 0 Å². The minimum Gasteiger partial charge on any atom is -0.743 e. The van der Waals surface area contributed by atoms with Gasteiger partial charge in [-0.2, -0.15) is 8.78 Å². The molecule has 5 unspecified atom stereocenters. The molecule has 0 N–H and O–H groups in total. The number of hydrogen-bond acceptors (Lipinski definition) is 5. The Bertz CT molecular complexity index is 547. The fourth-order valence-corrected chi connectivity index (χ4v) is 4.90. The van der Waals surface area contributed by atoms with E-state index in [0.717, 1.165) is 19.3 Å². The van der Waals surface area contributed by atoms with Crippen LogP contribution < -0.4 is 0 Å². The smallest absolute Gasteiger partial charge is 0.344 e. The maximum Gasteiger partial charge on any atom is 0.344 e. The number of rotatable bonds is 4. The van der Waals surface area contributed by atoms with Gasteiger partial charge >= 0.3 is 11.2 Å². The summed E-state index contributed by atoms with van der Waals surface area (Å²) in [6.45, 7) is 0. The van der Waals surface area contributed by atoms with Crippen LogP contribution in [0.4, 0.5) is 8.78 Å². The molecule has 0 saturated heterocycles. The normalized spacial score (nSPS) is 38.5. The first-order chi connectivity index (χ1) is 9.69. The van der Waals surface area contributed by atoms with Gasteiger partial charge in [0.15, 0.2) is 10.1 Å². The van der Waals surface area contributed by atoms with E-state index in [4.69, 9.17) is 4.74 Å². The van der Waals surface area contributed by atoms with Crippen molar-refractivity contribution >= 4 is 16.1 Å². The van der Waals surface area contributed by atoms with Crippen LogP contribution in [-0.4, -0.2) is 30.3 Å². The van der Waals surface area contributed by atoms with Crippen molar-refractivity contribution in [1.29, 1.82) is 0 Å². The van der Waals surface area contributed by atoms with Crippen molar-refractivity contribution in [3.8, 4) is 0 Å². The Labute approximate surface area is 121 Å². The lowest BCUT2D eigenvalue weighted by Gasteiger charge is -2.31. The number of esters is 1. The molecule has 2 bridgehead atoms. The van der Waals surface area contributed by atoms with Crippen molar-refractivity contribution in [2.45, 2.75) is 49.9 Å². The highest BCUT2D eigenvalue weighted by molar-refractivity contribution is 7.86. The Morgan fingerprint density at radius 3 is 2.52 bits per heavy atom. The molecule has 3 aliphatic rings. The Hall–Kier alpha value is -0.760. The van der Waals surface area contributed by atoms with Crippen molar-refractivity contribution in [3.05, 3.63) is 0 Å². The van der Waals surface area contributed by atoms with Gasteiger partial charge in [0, 0.05) is 0 Å². The van der Waals surface area contributed by atoms with E-state index in [0.29, 0.717) is 24.2 Å². The number of hydrogen-bond donors (Lipinski definition) is 0. The first-order valence-corrected chi connectivity index (χ1v) is 8.62. The predicted molar refractivity (Wildman–Crippen MR) is 66.2 cm³/mol. The Balaban J connectivity index is 1.60. The van der Waals surface area contributed by atoms with Gasteiger partial charge in [-0.1, -0.05) is 6.42 Å². The SMILES string of the molecule is O=C(CC(F)(F)S(=O)(=O)[O-])OC1CC2CC1C1CCCC21. The van der Waals surface area contributed by atoms with Crippen LogP contribution >= 0.6 is 0 Å². The highest BCUT2D eigenvalue weighted by Gasteiger charge is 2.55. The molecule has 3 rings (SSSR count). The number of ether oxygens (including phenoxy) is 1. The molecule has 0 aromatic carbocycles. The maximum absolute atomic E-state index is 13.1. The molecule has 3 fully saturated rings. The summed E-state index contributed by atoms with van der Waals surface area (Å²) < 4.78 is 62.3. The number of carbonyl (C=O) groups is 1. The second-order valence-corrected chi connectivity index (χ2v) is 7.96. The summed E-state index contributed by atoms with van der Waals surface area (Å²) in [4.78, 5) is 11.5. The minimum atomic E-state index is -5.84. The lowest BCUT2D eigenvalue weighted by atomic mass is 9.80. The third-order valence-corrected chi connectivity index (χ3v) is 6.24. The van der Waals surface area contributed by atoms with Gasteiger partial charge in [-0.3, -0.25) is 4.79 Å². The van der Waals surface area contributed by atoms with Gasteiger partial charge in [0.2, 0.25) is 0 Å². The number of alkyl halides is 2. The highest BCUT2D eigenvalue weighted by Crippen LogP contribution is 2.59. The van der Waals surface area contributed by atoms with E-state index in [1.165, 1.54) is 6.42 Å². The summed E-state index contributed by atoms with van der Waals surface area (Å²) in [5.41, 5.74) is 0. The summed E-state index contributed by atoms with van der Waals surface area (Å²) in [6, 6.07) is 0. The summed E-state index contributed by atoms with van der Waals surface area (Å²) >= 11 is 0. The molecule has 5 nitrogen and oxygen atoms in total. The van der Waals surface area contributed by atoms with Gasteiger partial charge in [-0.25, -0.2) is 8.42 Å². The fraction of sp³-hybridized carbons (Fsp3) is 0.923. The highest BCUT2D eigenvalue weighted by atomic mass is 32.2.